The first-order chi connectivity index (χ1) is 17.8. The summed E-state index contributed by atoms with van der Waals surface area (Å²) in [4.78, 5) is 8.59. The normalized spacial score (nSPS) is 11.6. The topological polar surface area (TPSA) is 84.9 Å². The first-order valence-electron chi connectivity index (χ1n) is 11.9. The van der Waals surface area contributed by atoms with Crippen LogP contribution in [0, 0.1) is 0 Å². The van der Waals surface area contributed by atoms with E-state index >= 15 is 0 Å². The van der Waals surface area contributed by atoms with Crippen molar-refractivity contribution in [3.8, 4) is 33.9 Å². The second-order valence-corrected chi connectivity index (χ2v) is 8.89. The molecule has 0 fully saturated rings. The highest BCUT2D eigenvalue weighted by atomic mass is 15.3. The Morgan fingerprint density at radius 2 is 1.58 bits per heavy atom. The fourth-order valence-corrected chi connectivity index (χ4v) is 4.83. The molecule has 6 heteroatoms. The molecule has 6 nitrogen and oxygen atoms in total. The fourth-order valence-electron chi connectivity index (χ4n) is 4.83. The average molecular weight is 467 g/mol. The zero-order valence-corrected chi connectivity index (χ0v) is 19.4. The van der Waals surface area contributed by atoms with Crippen molar-refractivity contribution in [2.24, 2.45) is 5.73 Å². The van der Waals surface area contributed by atoms with Crippen molar-refractivity contribution in [1.29, 1.82) is 0 Å². The van der Waals surface area contributed by atoms with Crippen LogP contribution in [0.3, 0.4) is 0 Å². The van der Waals surface area contributed by atoms with E-state index in [1.165, 1.54) is 0 Å². The molecule has 0 unspecified atom stereocenters. The van der Waals surface area contributed by atoms with Gasteiger partial charge in [-0.3, -0.25) is 4.40 Å². The zero-order valence-electron chi connectivity index (χ0n) is 19.4. The molecule has 36 heavy (non-hydrogen) atoms. The van der Waals surface area contributed by atoms with Crippen molar-refractivity contribution in [1.82, 2.24) is 24.6 Å². The molecule has 4 aromatic heterocycles. The molecule has 0 spiro atoms. The minimum Gasteiger partial charge on any atom is -0.352 e. The Hall–Kier alpha value is -4.81. The molecule has 0 bridgehead atoms. The van der Waals surface area contributed by atoms with Crippen molar-refractivity contribution in [2.45, 2.75) is 6.54 Å². The van der Waals surface area contributed by atoms with Gasteiger partial charge >= 0.3 is 0 Å². The first-order valence-corrected chi connectivity index (χ1v) is 11.9. The number of nitrogens with one attached hydrogen (secondary N) is 1. The number of para-hydroxylation sites is 1. The maximum atomic E-state index is 5.82. The zero-order chi connectivity index (χ0) is 24.1. The summed E-state index contributed by atoms with van der Waals surface area (Å²) in [7, 11) is 0. The van der Waals surface area contributed by atoms with Crippen molar-refractivity contribution in [3.63, 3.8) is 0 Å². The highest BCUT2D eigenvalue weighted by Gasteiger charge is 2.17. The Morgan fingerprint density at radius 1 is 0.778 bits per heavy atom. The minimum absolute atomic E-state index is 0.514. The molecule has 7 rings (SSSR count). The summed E-state index contributed by atoms with van der Waals surface area (Å²) in [6.45, 7) is 0.514. The number of benzene rings is 3. The number of rotatable bonds is 4. The third-order valence-electron chi connectivity index (χ3n) is 6.69. The molecule has 0 amide bonds. The number of aromatic nitrogens is 5. The van der Waals surface area contributed by atoms with Crippen molar-refractivity contribution in [3.05, 3.63) is 109 Å². The Kier molecular flexibility index (Phi) is 4.65. The van der Waals surface area contributed by atoms with Gasteiger partial charge in [0.2, 0.25) is 0 Å². The van der Waals surface area contributed by atoms with Gasteiger partial charge in [0, 0.05) is 40.2 Å². The van der Waals surface area contributed by atoms with Crippen LogP contribution in [0.4, 0.5) is 0 Å². The number of hydrogen-bond donors (Lipinski definition) is 2. The Labute approximate surface area is 207 Å². The van der Waals surface area contributed by atoms with Crippen LogP contribution in [0.15, 0.2) is 103 Å². The van der Waals surface area contributed by atoms with E-state index in [-0.39, 0.29) is 0 Å². The molecule has 0 radical (unpaired) electrons. The van der Waals surface area contributed by atoms with Crippen molar-refractivity contribution < 1.29 is 0 Å². The molecule has 0 aliphatic carbocycles. The smallest absolute Gasteiger partial charge is 0.184 e. The van der Waals surface area contributed by atoms with Gasteiger partial charge < -0.3 is 10.7 Å². The van der Waals surface area contributed by atoms with Gasteiger partial charge in [-0.05, 0) is 35.4 Å². The third kappa shape index (κ3) is 3.27. The molecule has 0 saturated heterocycles. The predicted octanol–water partition coefficient (Wildman–Crippen LogP) is 6.22. The molecule has 4 heterocycles. The van der Waals surface area contributed by atoms with Gasteiger partial charge in [-0.1, -0.05) is 72.8 Å². The predicted molar refractivity (Wildman–Crippen MR) is 144 cm³/mol. The van der Waals surface area contributed by atoms with Gasteiger partial charge in [-0.15, -0.1) is 10.2 Å². The highest BCUT2D eigenvalue weighted by Crippen LogP contribution is 2.35. The number of nitrogens with two attached hydrogens (primary N) is 1. The van der Waals surface area contributed by atoms with Crippen LogP contribution in [-0.2, 0) is 6.54 Å². The number of pyridine rings is 2. The van der Waals surface area contributed by atoms with Gasteiger partial charge in [0.15, 0.2) is 11.5 Å². The second-order valence-electron chi connectivity index (χ2n) is 8.89. The van der Waals surface area contributed by atoms with Crippen LogP contribution in [0.5, 0.6) is 0 Å². The lowest BCUT2D eigenvalue weighted by molar-refractivity contribution is 1.07. The monoisotopic (exact) mass is 466 g/mol. The molecule has 172 valence electrons. The number of aromatic amines is 1. The quantitative estimate of drug-likeness (QED) is 0.323. The lowest BCUT2D eigenvalue weighted by Crippen LogP contribution is -1.97. The number of hydrogen-bond acceptors (Lipinski definition) is 4. The summed E-state index contributed by atoms with van der Waals surface area (Å²) in [5.41, 5.74) is 14.7. The second kappa shape index (κ2) is 8.15. The summed E-state index contributed by atoms with van der Waals surface area (Å²) < 4.78 is 2.03. The summed E-state index contributed by atoms with van der Waals surface area (Å²) in [5.74, 6) is 0.769. The van der Waals surface area contributed by atoms with Crippen molar-refractivity contribution >= 4 is 27.5 Å². The van der Waals surface area contributed by atoms with Gasteiger partial charge in [-0.2, -0.15) is 0 Å². The maximum Gasteiger partial charge on any atom is 0.184 e. The maximum absolute atomic E-state index is 5.82. The molecule has 0 aliphatic heterocycles. The lowest BCUT2D eigenvalue weighted by atomic mass is 9.97. The van der Waals surface area contributed by atoms with E-state index in [0.29, 0.717) is 6.54 Å². The van der Waals surface area contributed by atoms with E-state index < -0.39 is 0 Å². The van der Waals surface area contributed by atoms with E-state index in [2.05, 4.69) is 75.8 Å². The summed E-state index contributed by atoms with van der Waals surface area (Å²) in [5, 5.41) is 11.2. The van der Waals surface area contributed by atoms with E-state index in [4.69, 9.17) is 10.7 Å². The number of H-pyrrole nitrogens is 1. The number of fused-ring (bicyclic) bond motifs is 4. The van der Waals surface area contributed by atoms with E-state index in [1.807, 2.05) is 47.0 Å². The Balaban J connectivity index is 1.46. The molecular weight excluding hydrogens is 444 g/mol. The summed E-state index contributed by atoms with van der Waals surface area (Å²) in [6, 6.07) is 33.2. The van der Waals surface area contributed by atoms with E-state index in [1.54, 1.807) is 0 Å². The van der Waals surface area contributed by atoms with Crippen LogP contribution in [0.2, 0.25) is 0 Å². The SMILES string of the molecule is NCc1ccc(-c2nc3ccn4c(-c5cc6ccccc6[nH]5)nnc4c3cc2-c2ccccc2)cc1. The van der Waals surface area contributed by atoms with Gasteiger partial charge in [-0.25, -0.2) is 4.98 Å². The molecule has 0 aliphatic rings. The lowest BCUT2D eigenvalue weighted by Gasteiger charge is -2.12. The van der Waals surface area contributed by atoms with Crippen LogP contribution in [0.25, 0.3) is 61.4 Å². The highest BCUT2D eigenvalue weighted by molar-refractivity contribution is 5.98. The Morgan fingerprint density at radius 3 is 2.39 bits per heavy atom. The van der Waals surface area contributed by atoms with Gasteiger partial charge in [0.05, 0.1) is 16.9 Å². The minimum atomic E-state index is 0.514. The van der Waals surface area contributed by atoms with Crippen LogP contribution < -0.4 is 5.73 Å². The molecular formula is C30H22N6. The standard InChI is InChI=1S/C30H22N6/c31-18-19-10-12-21(13-11-19)28-23(20-6-2-1-3-7-20)17-24-26(33-28)14-15-36-29(24)34-35-30(36)27-16-22-8-4-5-9-25(22)32-27/h1-17,32H,18,31H2. The van der Waals surface area contributed by atoms with E-state index in [0.717, 1.165) is 66.9 Å². The summed E-state index contributed by atoms with van der Waals surface area (Å²) in [6.07, 6.45) is 2.00. The Bertz CT molecular complexity index is 1830. The van der Waals surface area contributed by atoms with Gasteiger partial charge in [0.1, 0.15) is 0 Å². The first kappa shape index (κ1) is 20.6. The third-order valence-corrected chi connectivity index (χ3v) is 6.69. The van der Waals surface area contributed by atoms with Crippen molar-refractivity contribution in [2.75, 3.05) is 0 Å². The van der Waals surface area contributed by atoms with Gasteiger partial charge in [0.25, 0.3) is 0 Å². The van der Waals surface area contributed by atoms with Crippen LogP contribution in [-0.4, -0.2) is 24.6 Å². The number of nitrogens with zero attached hydrogens (tertiary/aromatic N) is 4. The van der Waals surface area contributed by atoms with E-state index in [9.17, 15) is 0 Å². The molecule has 3 aromatic carbocycles. The largest absolute Gasteiger partial charge is 0.352 e. The fraction of sp³-hybridized carbons (Fsp3) is 0.0333. The summed E-state index contributed by atoms with van der Waals surface area (Å²) >= 11 is 0. The molecule has 7 aromatic rings. The average Bonchev–Trinajstić information content (AvgIpc) is 3.57. The van der Waals surface area contributed by atoms with Crippen LogP contribution >= 0.6 is 0 Å². The molecule has 0 saturated carbocycles. The van der Waals surface area contributed by atoms with Crippen LogP contribution in [0.1, 0.15) is 5.56 Å². The molecule has 3 N–H and O–H groups in total. The molecule has 0 atom stereocenters.